The predicted octanol–water partition coefficient (Wildman–Crippen LogP) is 5.88. The maximum atomic E-state index is 13.4. The molecule has 0 fully saturated rings. The third kappa shape index (κ3) is 4.52. The highest BCUT2D eigenvalue weighted by molar-refractivity contribution is 5.87. The molecule has 0 unspecified atom stereocenters. The average Bonchev–Trinajstić information content (AvgIpc) is 3.18. The number of ether oxygens (including phenoxy) is 1. The van der Waals surface area contributed by atoms with Gasteiger partial charge in [0.05, 0.1) is 24.5 Å². The Bertz CT molecular complexity index is 1230. The molecular formula is C23H22F2N4O2. The molecule has 31 heavy (non-hydrogen) atoms. The molecule has 0 aliphatic carbocycles. The van der Waals surface area contributed by atoms with E-state index in [1.165, 1.54) is 13.2 Å². The summed E-state index contributed by atoms with van der Waals surface area (Å²) in [5.41, 5.74) is 1.86. The van der Waals surface area contributed by atoms with E-state index in [4.69, 9.17) is 9.15 Å². The fraction of sp³-hybridized carbons (Fsp3) is 0.304. The number of methoxy groups -OCH3 is 1. The average molecular weight is 424 g/mol. The van der Waals surface area contributed by atoms with Crippen molar-refractivity contribution in [2.75, 3.05) is 7.11 Å². The molecule has 0 spiro atoms. The molecule has 0 N–H and O–H groups in total. The fourth-order valence-electron chi connectivity index (χ4n) is 3.25. The second-order valence-corrected chi connectivity index (χ2v) is 8.45. The van der Waals surface area contributed by atoms with E-state index in [2.05, 4.69) is 40.9 Å². The highest BCUT2D eigenvalue weighted by Crippen LogP contribution is 2.35. The second kappa shape index (κ2) is 8.02. The van der Waals surface area contributed by atoms with Crippen molar-refractivity contribution in [1.29, 1.82) is 0 Å². The van der Waals surface area contributed by atoms with Gasteiger partial charge in [-0.15, -0.1) is 10.2 Å². The summed E-state index contributed by atoms with van der Waals surface area (Å²) >= 11 is 0. The van der Waals surface area contributed by atoms with Crippen molar-refractivity contribution in [2.45, 2.75) is 33.6 Å². The molecular weight excluding hydrogens is 402 g/mol. The molecule has 6 nitrogen and oxygen atoms in total. The van der Waals surface area contributed by atoms with Crippen molar-refractivity contribution >= 4 is 10.9 Å². The van der Waals surface area contributed by atoms with E-state index in [1.54, 1.807) is 30.5 Å². The van der Waals surface area contributed by atoms with Gasteiger partial charge in [-0.2, -0.15) is 0 Å². The van der Waals surface area contributed by atoms with E-state index in [0.29, 0.717) is 46.3 Å². The molecule has 0 saturated heterocycles. The zero-order valence-electron chi connectivity index (χ0n) is 17.7. The van der Waals surface area contributed by atoms with E-state index < -0.39 is 6.43 Å². The first-order chi connectivity index (χ1) is 14.7. The zero-order valence-corrected chi connectivity index (χ0v) is 17.7. The molecule has 0 bridgehead atoms. The Morgan fingerprint density at radius 1 is 1.06 bits per heavy atom. The van der Waals surface area contributed by atoms with Gasteiger partial charge in [0, 0.05) is 29.0 Å². The lowest BCUT2D eigenvalue weighted by molar-refractivity contribution is 0.146. The lowest BCUT2D eigenvalue weighted by Gasteiger charge is -2.14. The van der Waals surface area contributed by atoms with Gasteiger partial charge < -0.3 is 9.15 Å². The van der Waals surface area contributed by atoms with Crippen molar-refractivity contribution in [2.24, 2.45) is 5.41 Å². The Hall–Kier alpha value is -3.42. The number of fused-ring (bicyclic) bond motifs is 1. The molecule has 4 rings (SSSR count). The number of hydrogen-bond donors (Lipinski definition) is 0. The summed E-state index contributed by atoms with van der Waals surface area (Å²) in [7, 11) is 1.52. The number of aromatic nitrogens is 4. The SMILES string of the molecule is COc1cc2ccc(-c3nc(C(F)F)ccc3-c3cnc(CC(C)(C)C)o3)cc2nn1. The number of alkyl halides is 2. The third-order valence-corrected chi connectivity index (χ3v) is 4.69. The smallest absolute Gasteiger partial charge is 0.280 e. The topological polar surface area (TPSA) is 73.9 Å². The minimum Gasteiger partial charge on any atom is -0.480 e. The molecule has 160 valence electrons. The van der Waals surface area contributed by atoms with Gasteiger partial charge in [0.2, 0.25) is 5.88 Å². The highest BCUT2D eigenvalue weighted by Gasteiger charge is 2.20. The molecule has 0 atom stereocenters. The minimum atomic E-state index is -2.69. The highest BCUT2D eigenvalue weighted by atomic mass is 19.3. The standard InChI is InChI=1S/C23H22F2N4O2/c1-23(2,3)11-20-26-12-18(31-20)15-7-8-16(22(24)25)27-21(15)14-6-5-13-10-19(30-4)29-28-17(13)9-14/h5-10,12,22H,11H2,1-4H3. The Labute approximate surface area is 178 Å². The predicted molar refractivity (Wildman–Crippen MR) is 113 cm³/mol. The number of hydrogen-bond acceptors (Lipinski definition) is 6. The van der Waals surface area contributed by atoms with Crippen LogP contribution in [0.5, 0.6) is 5.88 Å². The summed E-state index contributed by atoms with van der Waals surface area (Å²) in [6.07, 6.45) is -0.434. The van der Waals surface area contributed by atoms with Crippen molar-refractivity contribution < 1.29 is 17.9 Å². The summed E-state index contributed by atoms with van der Waals surface area (Å²) in [6.45, 7) is 6.27. The van der Waals surface area contributed by atoms with E-state index in [1.807, 2.05) is 6.07 Å². The number of rotatable bonds is 5. The first-order valence-corrected chi connectivity index (χ1v) is 9.79. The molecule has 1 aromatic carbocycles. The third-order valence-electron chi connectivity index (χ3n) is 4.69. The van der Waals surface area contributed by atoms with Crippen LogP contribution in [0.1, 0.15) is 38.8 Å². The quantitative estimate of drug-likeness (QED) is 0.398. The Morgan fingerprint density at radius 2 is 1.87 bits per heavy atom. The minimum absolute atomic E-state index is 0.000802. The molecule has 4 aromatic rings. The van der Waals surface area contributed by atoms with Crippen LogP contribution in [0, 0.1) is 5.41 Å². The maximum Gasteiger partial charge on any atom is 0.280 e. The van der Waals surface area contributed by atoms with Crippen LogP contribution in [0.4, 0.5) is 8.78 Å². The summed E-state index contributed by atoms with van der Waals surface area (Å²) < 4.78 is 37.8. The second-order valence-electron chi connectivity index (χ2n) is 8.45. The van der Waals surface area contributed by atoms with Crippen LogP contribution in [0.2, 0.25) is 0 Å². The number of pyridine rings is 1. The van der Waals surface area contributed by atoms with Gasteiger partial charge in [-0.05, 0) is 23.6 Å². The zero-order chi connectivity index (χ0) is 22.2. The molecule has 3 aromatic heterocycles. The van der Waals surface area contributed by atoms with E-state index in [0.717, 1.165) is 5.39 Å². The van der Waals surface area contributed by atoms with Crippen LogP contribution in [-0.2, 0) is 6.42 Å². The van der Waals surface area contributed by atoms with Crippen LogP contribution in [0.3, 0.4) is 0 Å². The molecule has 0 aliphatic rings. The van der Waals surface area contributed by atoms with Crippen LogP contribution in [0.15, 0.2) is 47.0 Å². The monoisotopic (exact) mass is 424 g/mol. The number of oxazole rings is 1. The summed E-state index contributed by atoms with van der Waals surface area (Å²) in [4.78, 5) is 8.59. The van der Waals surface area contributed by atoms with Gasteiger partial charge in [-0.3, -0.25) is 0 Å². The maximum absolute atomic E-state index is 13.4. The van der Waals surface area contributed by atoms with Crippen LogP contribution in [0.25, 0.3) is 33.5 Å². The summed E-state index contributed by atoms with van der Waals surface area (Å²) in [6, 6.07) is 10.0. The van der Waals surface area contributed by atoms with Crippen LogP contribution in [-0.4, -0.2) is 27.3 Å². The van der Waals surface area contributed by atoms with E-state index in [9.17, 15) is 8.78 Å². The van der Waals surface area contributed by atoms with Crippen molar-refractivity contribution in [3.05, 3.63) is 54.2 Å². The summed E-state index contributed by atoms with van der Waals surface area (Å²) in [5.74, 6) is 1.46. The molecule has 8 heteroatoms. The van der Waals surface area contributed by atoms with Gasteiger partial charge >= 0.3 is 0 Å². The first kappa shape index (κ1) is 20.8. The first-order valence-electron chi connectivity index (χ1n) is 9.79. The van der Waals surface area contributed by atoms with Crippen LogP contribution >= 0.6 is 0 Å². The van der Waals surface area contributed by atoms with Gasteiger partial charge in [0.1, 0.15) is 5.69 Å². The lowest BCUT2D eigenvalue weighted by Crippen LogP contribution is -2.09. The lowest BCUT2D eigenvalue weighted by atomic mass is 9.92. The molecule has 0 saturated carbocycles. The van der Waals surface area contributed by atoms with Crippen LogP contribution < -0.4 is 4.74 Å². The normalized spacial score (nSPS) is 12.0. The molecule has 0 radical (unpaired) electrons. The molecule has 0 amide bonds. The van der Waals surface area contributed by atoms with Gasteiger partial charge in [-0.1, -0.05) is 32.9 Å². The number of benzene rings is 1. The Kier molecular flexibility index (Phi) is 5.39. The van der Waals surface area contributed by atoms with E-state index in [-0.39, 0.29) is 11.1 Å². The fourth-order valence-corrected chi connectivity index (χ4v) is 3.25. The summed E-state index contributed by atoms with van der Waals surface area (Å²) in [5, 5.41) is 8.95. The van der Waals surface area contributed by atoms with Crippen molar-refractivity contribution in [3.63, 3.8) is 0 Å². The number of nitrogens with zero attached hydrogens (tertiary/aromatic N) is 4. The van der Waals surface area contributed by atoms with E-state index >= 15 is 0 Å². The Balaban J connectivity index is 1.82. The van der Waals surface area contributed by atoms with Gasteiger partial charge in [0.25, 0.3) is 6.43 Å². The van der Waals surface area contributed by atoms with Crippen molar-refractivity contribution in [3.8, 4) is 28.5 Å². The molecule has 3 heterocycles. The van der Waals surface area contributed by atoms with Crippen molar-refractivity contribution in [1.82, 2.24) is 20.2 Å². The largest absolute Gasteiger partial charge is 0.480 e. The molecule has 0 aliphatic heterocycles. The number of halogens is 2. The Morgan fingerprint density at radius 3 is 2.58 bits per heavy atom. The van der Waals surface area contributed by atoms with Gasteiger partial charge in [0.15, 0.2) is 11.7 Å². The van der Waals surface area contributed by atoms with Gasteiger partial charge in [-0.25, -0.2) is 18.7 Å².